The molecule has 0 heterocycles. The summed E-state index contributed by atoms with van der Waals surface area (Å²) < 4.78 is 0.880. The van der Waals surface area contributed by atoms with E-state index in [4.69, 9.17) is 0 Å². The number of carboxylic acid groups (broad SMARTS) is 1. The van der Waals surface area contributed by atoms with Crippen LogP contribution < -0.4 is 5.32 Å². The summed E-state index contributed by atoms with van der Waals surface area (Å²) in [4.78, 5) is 23.3. The Balaban J connectivity index is 2.07. The van der Waals surface area contributed by atoms with Crippen molar-refractivity contribution in [2.75, 3.05) is 0 Å². The number of carbonyl (C=O) groups is 2. The topological polar surface area (TPSA) is 66.4 Å². The van der Waals surface area contributed by atoms with E-state index in [0.717, 1.165) is 10.0 Å². The molecule has 1 atom stereocenters. The van der Waals surface area contributed by atoms with Crippen molar-refractivity contribution in [3.63, 3.8) is 0 Å². The van der Waals surface area contributed by atoms with Gasteiger partial charge in [-0.15, -0.1) is 0 Å². The van der Waals surface area contributed by atoms with Crippen molar-refractivity contribution >= 4 is 27.8 Å². The first-order valence-electron chi connectivity index (χ1n) is 6.38. The molecule has 2 aromatic rings. The van der Waals surface area contributed by atoms with E-state index in [1.165, 1.54) is 0 Å². The Morgan fingerprint density at radius 3 is 2.43 bits per heavy atom. The van der Waals surface area contributed by atoms with Gasteiger partial charge in [0, 0.05) is 4.47 Å². The highest BCUT2D eigenvalue weighted by Gasteiger charge is 2.21. The molecule has 0 radical (unpaired) electrons. The molecular formula is C16H14BrNO3. The number of aliphatic carboxylic acids is 1. The van der Waals surface area contributed by atoms with E-state index >= 15 is 0 Å². The molecule has 4 nitrogen and oxygen atoms in total. The van der Waals surface area contributed by atoms with Crippen LogP contribution in [0.5, 0.6) is 0 Å². The standard InChI is InChI=1S/C16H14BrNO3/c17-13-8-4-5-11(9-13)10-14(19)18-15(16(20)21)12-6-2-1-3-7-12/h1-9,15H,10H2,(H,18,19)(H,20,21)/t15-/m0/s1. The number of carbonyl (C=O) groups excluding carboxylic acids is 1. The lowest BCUT2D eigenvalue weighted by molar-refractivity contribution is -0.141. The van der Waals surface area contributed by atoms with Crippen molar-refractivity contribution in [3.05, 3.63) is 70.2 Å². The maximum atomic E-state index is 12.0. The molecule has 108 valence electrons. The summed E-state index contributed by atoms with van der Waals surface area (Å²) >= 11 is 3.34. The predicted octanol–water partition coefficient (Wildman–Crippen LogP) is 2.93. The van der Waals surface area contributed by atoms with Crippen LogP contribution in [-0.4, -0.2) is 17.0 Å². The lowest BCUT2D eigenvalue weighted by Gasteiger charge is -2.15. The van der Waals surface area contributed by atoms with E-state index in [1.54, 1.807) is 30.3 Å². The molecule has 0 unspecified atom stereocenters. The summed E-state index contributed by atoms with van der Waals surface area (Å²) in [6, 6.07) is 15.0. The Labute approximate surface area is 130 Å². The number of benzene rings is 2. The first kappa shape index (κ1) is 15.3. The van der Waals surface area contributed by atoms with Crippen LogP contribution in [0.1, 0.15) is 17.2 Å². The van der Waals surface area contributed by atoms with Crippen molar-refractivity contribution < 1.29 is 14.7 Å². The highest BCUT2D eigenvalue weighted by atomic mass is 79.9. The lowest BCUT2D eigenvalue weighted by Crippen LogP contribution is -2.34. The molecule has 2 rings (SSSR count). The zero-order valence-corrected chi connectivity index (χ0v) is 12.7. The SMILES string of the molecule is O=C(Cc1cccc(Br)c1)N[C@H](C(=O)O)c1ccccc1. The Hall–Kier alpha value is -2.14. The van der Waals surface area contributed by atoms with E-state index in [2.05, 4.69) is 21.2 Å². The van der Waals surface area contributed by atoms with E-state index in [0.29, 0.717) is 5.56 Å². The summed E-state index contributed by atoms with van der Waals surface area (Å²) in [7, 11) is 0. The van der Waals surface area contributed by atoms with Gasteiger partial charge in [-0.2, -0.15) is 0 Å². The fourth-order valence-electron chi connectivity index (χ4n) is 1.98. The predicted molar refractivity (Wildman–Crippen MR) is 82.8 cm³/mol. The zero-order chi connectivity index (χ0) is 15.2. The number of nitrogens with one attached hydrogen (secondary N) is 1. The van der Waals surface area contributed by atoms with E-state index in [-0.39, 0.29) is 12.3 Å². The summed E-state index contributed by atoms with van der Waals surface area (Å²) in [6.07, 6.45) is 0.135. The molecule has 0 fully saturated rings. The van der Waals surface area contributed by atoms with Gasteiger partial charge in [-0.05, 0) is 23.3 Å². The summed E-state index contributed by atoms with van der Waals surface area (Å²) in [5, 5.41) is 11.8. The van der Waals surface area contributed by atoms with Crippen molar-refractivity contribution in [2.24, 2.45) is 0 Å². The number of rotatable bonds is 5. The quantitative estimate of drug-likeness (QED) is 0.873. The Bertz CT molecular complexity index is 643. The average molecular weight is 348 g/mol. The van der Waals surface area contributed by atoms with Gasteiger partial charge in [-0.3, -0.25) is 4.79 Å². The first-order chi connectivity index (χ1) is 10.1. The largest absolute Gasteiger partial charge is 0.479 e. The van der Waals surface area contributed by atoms with Crippen LogP contribution in [0.25, 0.3) is 0 Å². The second kappa shape index (κ2) is 7.04. The van der Waals surface area contributed by atoms with Gasteiger partial charge < -0.3 is 10.4 Å². The van der Waals surface area contributed by atoms with Gasteiger partial charge in [0.25, 0.3) is 0 Å². The van der Waals surface area contributed by atoms with Crippen LogP contribution in [-0.2, 0) is 16.0 Å². The minimum atomic E-state index is -1.08. The molecule has 1 amide bonds. The lowest BCUT2D eigenvalue weighted by atomic mass is 10.1. The van der Waals surface area contributed by atoms with Crippen molar-refractivity contribution in [3.8, 4) is 0 Å². The number of hydrogen-bond donors (Lipinski definition) is 2. The van der Waals surface area contributed by atoms with Crippen LogP contribution in [0.3, 0.4) is 0 Å². The van der Waals surface area contributed by atoms with Gasteiger partial charge in [0.05, 0.1) is 6.42 Å². The fraction of sp³-hybridized carbons (Fsp3) is 0.125. The van der Waals surface area contributed by atoms with Crippen molar-refractivity contribution in [2.45, 2.75) is 12.5 Å². The van der Waals surface area contributed by atoms with E-state index < -0.39 is 12.0 Å². The molecule has 0 bridgehead atoms. The summed E-state index contributed by atoms with van der Waals surface area (Å²) in [5.41, 5.74) is 1.37. The van der Waals surface area contributed by atoms with E-state index in [9.17, 15) is 14.7 Å². The third kappa shape index (κ3) is 4.43. The zero-order valence-electron chi connectivity index (χ0n) is 11.1. The van der Waals surface area contributed by atoms with Crippen LogP contribution in [0.2, 0.25) is 0 Å². The molecule has 0 aromatic heterocycles. The molecule has 0 spiro atoms. The maximum absolute atomic E-state index is 12.0. The summed E-state index contributed by atoms with van der Waals surface area (Å²) in [5.74, 6) is -1.41. The molecule has 5 heteroatoms. The van der Waals surface area contributed by atoms with Crippen molar-refractivity contribution in [1.82, 2.24) is 5.32 Å². The molecule has 0 saturated heterocycles. The van der Waals surface area contributed by atoms with Gasteiger partial charge in [-0.1, -0.05) is 58.4 Å². The number of carboxylic acids is 1. The second-order valence-corrected chi connectivity index (χ2v) is 5.47. The maximum Gasteiger partial charge on any atom is 0.330 e. The van der Waals surface area contributed by atoms with Crippen LogP contribution >= 0.6 is 15.9 Å². The van der Waals surface area contributed by atoms with Crippen LogP contribution in [0.15, 0.2) is 59.1 Å². The van der Waals surface area contributed by atoms with Gasteiger partial charge in [0.2, 0.25) is 5.91 Å². The second-order valence-electron chi connectivity index (χ2n) is 4.56. The van der Waals surface area contributed by atoms with Gasteiger partial charge >= 0.3 is 5.97 Å². The van der Waals surface area contributed by atoms with Crippen LogP contribution in [0.4, 0.5) is 0 Å². The minimum Gasteiger partial charge on any atom is -0.479 e. The van der Waals surface area contributed by atoms with Crippen molar-refractivity contribution in [1.29, 1.82) is 0 Å². The number of amides is 1. The van der Waals surface area contributed by atoms with Gasteiger partial charge in [-0.25, -0.2) is 4.79 Å². The monoisotopic (exact) mass is 347 g/mol. The molecule has 0 saturated carbocycles. The molecule has 2 N–H and O–H groups in total. The number of hydrogen-bond acceptors (Lipinski definition) is 2. The molecule has 21 heavy (non-hydrogen) atoms. The molecule has 0 aliphatic rings. The minimum absolute atomic E-state index is 0.135. The Morgan fingerprint density at radius 2 is 1.81 bits per heavy atom. The molecule has 0 aliphatic carbocycles. The fourth-order valence-corrected chi connectivity index (χ4v) is 2.42. The van der Waals surface area contributed by atoms with Gasteiger partial charge in [0.15, 0.2) is 6.04 Å². The van der Waals surface area contributed by atoms with Gasteiger partial charge in [0.1, 0.15) is 0 Å². The highest BCUT2D eigenvalue weighted by Crippen LogP contribution is 2.15. The third-order valence-corrected chi connectivity index (χ3v) is 3.43. The Morgan fingerprint density at radius 1 is 1.10 bits per heavy atom. The smallest absolute Gasteiger partial charge is 0.330 e. The molecular weight excluding hydrogens is 334 g/mol. The van der Waals surface area contributed by atoms with Crippen LogP contribution in [0, 0.1) is 0 Å². The first-order valence-corrected chi connectivity index (χ1v) is 7.17. The third-order valence-electron chi connectivity index (χ3n) is 2.94. The average Bonchev–Trinajstić information content (AvgIpc) is 2.45. The Kier molecular flexibility index (Phi) is 5.11. The molecule has 0 aliphatic heterocycles. The number of halogens is 1. The normalized spacial score (nSPS) is 11.7. The highest BCUT2D eigenvalue weighted by molar-refractivity contribution is 9.10. The van der Waals surface area contributed by atoms with E-state index in [1.807, 2.05) is 24.3 Å². The molecule has 2 aromatic carbocycles. The summed E-state index contributed by atoms with van der Waals surface area (Å²) in [6.45, 7) is 0.